The Morgan fingerprint density at radius 1 is 1.19 bits per heavy atom. The molecule has 136 valence electrons. The third-order valence-electron chi connectivity index (χ3n) is 5.06. The summed E-state index contributed by atoms with van der Waals surface area (Å²) in [5.41, 5.74) is 8.55. The van der Waals surface area contributed by atoms with Crippen LogP contribution in [0.15, 0.2) is 36.8 Å². The van der Waals surface area contributed by atoms with E-state index in [4.69, 9.17) is 10.5 Å². The fourth-order valence-electron chi connectivity index (χ4n) is 3.50. The maximum atomic E-state index is 11.0. The van der Waals surface area contributed by atoms with Crippen molar-refractivity contribution in [1.82, 2.24) is 14.9 Å². The number of carbonyl (C=O) groups is 1. The molecule has 0 bridgehead atoms. The molecule has 0 spiro atoms. The van der Waals surface area contributed by atoms with Gasteiger partial charge in [-0.05, 0) is 55.4 Å². The van der Waals surface area contributed by atoms with Crippen molar-refractivity contribution >= 4 is 5.91 Å². The molecule has 6 heteroatoms. The van der Waals surface area contributed by atoms with Gasteiger partial charge in [0.1, 0.15) is 11.9 Å². The number of nitrogens with two attached hydrogens (primary N) is 1. The van der Waals surface area contributed by atoms with Crippen LogP contribution in [0.2, 0.25) is 0 Å². The lowest BCUT2D eigenvalue weighted by molar-refractivity contribution is -0.119. The van der Waals surface area contributed by atoms with Gasteiger partial charge in [-0.15, -0.1) is 0 Å². The van der Waals surface area contributed by atoms with Gasteiger partial charge in [-0.1, -0.05) is 0 Å². The topological polar surface area (TPSA) is 81.3 Å². The molecule has 1 saturated heterocycles. The number of carbonyl (C=O) groups excluding carboxylic acids is 1. The molecule has 2 N–H and O–H groups in total. The minimum Gasteiger partial charge on any atom is -0.489 e. The minimum atomic E-state index is -0.276. The van der Waals surface area contributed by atoms with Crippen molar-refractivity contribution in [3.8, 4) is 17.0 Å². The van der Waals surface area contributed by atoms with Gasteiger partial charge in [0.2, 0.25) is 5.91 Å². The molecule has 2 fully saturated rings. The molecule has 0 radical (unpaired) electrons. The Morgan fingerprint density at radius 2 is 2.00 bits per heavy atom. The van der Waals surface area contributed by atoms with Crippen LogP contribution in [-0.2, 0) is 4.79 Å². The number of rotatable bonds is 6. The van der Waals surface area contributed by atoms with Gasteiger partial charge in [-0.3, -0.25) is 19.7 Å². The number of amides is 1. The summed E-state index contributed by atoms with van der Waals surface area (Å²) in [6.07, 6.45) is 9.93. The van der Waals surface area contributed by atoms with Gasteiger partial charge in [0.05, 0.1) is 18.4 Å². The van der Waals surface area contributed by atoms with Crippen molar-refractivity contribution in [1.29, 1.82) is 0 Å². The van der Waals surface area contributed by atoms with Crippen molar-refractivity contribution < 1.29 is 9.53 Å². The highest BCUT2D eigenvalue weighted by atomic mass is 16.5. The van der Waals surface area contributed by atoms with E-state index in [9.17, 15) is 4.79 Å². The van der Waals surface area contributed by atoms with Gasteiger partial charge in [-0.2, -0.15) is 0 Å². The summed E-state index contributed by atoms with van der Waals surface area (Å²) in [5, 5.41) is 0. The number of ether oxygens (including phenoxy) is 1. The molecule has 2 aromatic rings. The molecule has 4 rings (SSSR count). The molecule has 1 saturated carbocycles. The Labute approximate surface area is 153 Å². The molecule has 1 aliphatic heterocycles. The second-order valence-corrected chi connectivity index (χ2v) is 7.22. The van der Waals surface area contributed by atoms with E-state index in [-0.39, 0.29) is 12.0 Å². The van der Waals surface area contributed by atoms with Crippen molar-refractivity contribution in [3.05, 3.63) is 42.4 Å². The Balaban J connectivity index is 1.40. The molecule has 0 unspecified atom stereocenters. The van der Waals surface area contributed by atoms with Crippen LogP contribution in [0.4, 0.5) is 0 Å². The molecule has 0 aromatic carbocycles. The van der Waals surface area contributed by atoms with Crippen LogP contribution < -0.4 is 10.5 Å². The summed E-state index contributed by atoms with van der Waals surface area (Å²) < 4.78 is 6.13. The fraction of sp³-hybridized carbons (Fsp3) is 0.450. The van der Waals surface area contributed by atoms with Crippen LogP contribution in [0.25, 0.3) is 11.3 Å². The van der Waals surface area contributed by atoms with E-state index in [0.29, 0.717) is 12.5 Å². The third kappa shape index (κ3) is 4.19. The van der Waals surface area contributed by atoms with Crippen LogP contribution >= 0.6 is 0 Å². The predicted molar refractivity (Wildman–Crippen MR) is 98.7 cm³/mol. The lowest BCUT2D eigenvalue weighted by Crippen LogP contribution is -2.42. The molecule has 3 heterocycles. The summed E-state index contributed by atoms with van der Waals surface area (Å²) in [6.45, 7) is 1.98. The molecular formula is C20H24N4O2. The zero-order chi connectivity index (χ0) is 17.9. The normalized spacial score (nSPS) is 18.6. The Kier molecular flexibility index (Phi) is 4.84. The Bertz CT molecular complexity index is 783. The summed E-state index contributed by atoms with van der Waals surface area (Å²) in [7, 11) is 0. The maximum absolute atomic E-state index is 11.0. The van der Waals surface area contributed by atoms with Crippen molar-refractivity contribution in [2.24, 2.45) is 5.73 Å². The van der Waals surface area contributed by atoms with Crippen LogP contribution in [0.3, 0.4) is 0 Å². The highest BCUT2D eigenvalue weighted by Crippen LogP contribution is 2.40. The summed E-state index contributed by atoms with van der Waals surface area (Å²) in [6, 6.07) is 6.29. The van der Waals surface area contributed by atoms with Gasteiger partial charge in [0.15, 0.2) is 0 Å². The van der Waals surface area contributed by atoms with Gasteiger partial charge in [0, 0.05) is 31.0 Å². The van der Waals surface area contributed by atoms with Crippen LogP contribution in [0.1, 0.15) is 37.2 Å². The molecule has 1 aliphatic carbocycles. The number of hydrogen-bond donors (Lipinski definition) is 1. The van der Waals surface area contributed by atoms with E-state index in [1.54, 1.807) is 6.20 Å². The van der Waals surface area contributed by atoms with E-state index in [1.165, 1.54) is 18.4 Å². The highest BCUT2D eigenvalue weighted by molar-refractivity contribution is 5.75. The SMILES string of the molecule is NC(=O)CN1CCC(Oc2cncc(-c3cc(C4CC4)ccn3)c2)CC1. The first-order valence-electron chi connectivity index (χ1n) is 9.26. The van der Waals surface area contributed by atoms with E-state index < -0.39 is 0 Å². The monoisotopic (exact) mass is 352 g/mol. The molecular weight excluding hydrogens is 328 g/mol. The Morgan fingerprint density at radius 3 is 2.73 bits per heavy atom. The molecule has 2 aliphatic rings. The first-order chi connectivity index (χ1) is 12.7. The van der Waals surface area contributed by atoms with Gasteiger partial charge >= 0.3 is 0 Å². The van der Waals surface area contributed by atoms with E-state index in [0.717, 1.165) is 42.9 Å². The second kappa shape index (κ2) is 7.41. The van der Waals surface area contributed by atoms with E-state index >= 15 is 0 Å². The fourth-order valence-corrected chi connectivity index (χ4v) is 3.50. The highest BCUT2D eigenvalue weighted by Gasteiger charge is 2.24. The van der Waals surface area contributed by atoms with Crippen LogP contribution in [-0.4, -0.2) is 46.5 Å². The van der Waals surface area contributed by atoms with E-state index in [1.807, 2.05) is 18.5 Å². The average molecular weight is 352 g/mol. The number of aromatic nitrogens is 2. The van der Waals surface area contributed by atoms with Crippen molar-refractivity contribution in [2.45, 2.75) is 37.7 Å². The van der Waals surface area contributed by atoms with Gasteiger partial charge in [-0.25, -0.2) is 0 Å². The van der Waals surface area contributed by atoms with Crippen LogP contribution in [0, 0.1) is 0 Å². The smallest absolute Gasteiger partial charge is 0.231 e. The molecule has 0 atom stereocenters. The number of pyridine rings is 2. The number of piperidine rings is 1. The zero-order valence-corrected chi connectivity index (χ0v) is 14.8. The number of primary amides is 1. The lowest BCUT2D eigenvalue weighted by Gasteiger charge is -2.31. The largest absolute Gasteiger partial charge is 0.489 e. The summed E-state index contributed by atoms with van der Waals surface area (Å²) >= 11 is 0. The standard InChI is InChI=1S/C20H24N4O2/c21-20(25)13-24-7-4-17(5-8-24)26-18-9-16(11-22-12-18)19-10-15(3-6-23-19)14-1-2-14/h3,6,9-12,14,17H,1-2,4-5,7-8,13H2,(H2,21,25). The van der Waals surface area contributed by atoms with Gasteiger partial charge < -0.3 is 10.5 Å². The number of nitrogens with zero attached hydrogens (tertiary/aromatic N) is 3. The maximum Gasteiger partial charge on any atom is 0.231 e. The summed E-state index contributed by atoms with van der Waals surface area (Å²) in [5.74, 6) is 1.20. The molecule has 26 heavy (non-hydrogen) atoms. The van der Waals surface area contributed by atoms with Crippen molar-refractivity contribution in [3.63, 3.8) is 0 Å². The quantitative estimate of drug-likeness (QED) is 0.863. The first-order valence-corrected chi connectivity index (χ1v) is 9.26. The van der Waals surface area contributed by atoms with Gasteiger partial charge in [0.25, 0.3) is 0 Å². The molecule has 2 aromatic heterocycles. The third-order valence-corrected chi connectivity index (χ3v) is 5.06. The molecule has 1 amide bonds. The summed E-state index contributed by atoms with van der Waals surface area (Å²) in [4.78, 5) is 21.9. The second-order valence-electron chi connectivity index (χ2n) is 7.22. The van der Waals surface area contributed by atoms with Crippen LogP contribution in [0.5, 0.6) is 5.75 Å². The van der Waals surface area contributed by atoms with E-state index in [2.05, 4.69) is 27.0 Å². The first kappa shape index (κ1) is 17.0. The predicted octanol–water partition coefficient (Wildman–Crippen LogP) is 2.35. The van der Waals surface area contributed by atoms with Crippen molar-refractivity contribution in [2.75, 3.05) is 19.6 Å². The molecule has 6 nitrogen and oxygen atoms in total. The number of likely N-dealkylation sites (tertiary alicyclic amines) is 1. The Hall–Kier alpha value is -2.47. The average Bonchev–Trinajstić information content (AvgIpc) is 3.49. The number of hydrogen-bond acceptors (Lipinski definition) is 5. The zero-order valence-electron chi connectivity index (χ0n) is 14.8. The minimum absolute atomic E-state index is 0.141. The lowest BCUT2D eigenvalue weighted by atomic mass is 10.1.